The van der Waals surface area contributed by atoms with Crippen molar-refractivity contribution in [2.75, 3.05) is 43.4 Å². The van der Waals surface area contributed by atoms with E-state index in [9.17, 15) is 19.2 Å². The fourth-order valence-corrected chi connectivity index (χ4v) is 8.60. The van der Waals surface area contributed by atoms with E-state index in [4.69, 9.17) is 9.47 Å². The van der Waals surface area contributed by atoms with Crippen molar-refractivity contribution in [1.82, 2.24) is 20.2 Å². The minimum Gasteiger partial charge on any atom is -0.461 e. The van der Waals surface area contributed by atoms with Crippen LogP contribution in [0.2, 0.25) is 0 Å². The summed E-state index contributed by atoms with van der Waals surface area (Å²) in [6, 6.07) is 6.29. The maximum absolute atomic E-state index is 17.1. The van der Waals surface area contributed by atoms with Gasteiger partial charge < -0.3 is 20.1 Å². The number of halogens is 3. The molecule has 4 aromatic rings. The van der Waals surface area contributed by atoms with E-state index < -0.39 is 35.0 Å². The molecule has 0 bridgehead atoms. The molecule has 3 fully saturated rings. The molecule has 3 N–H and O–H groups in total. The van der Waals surface area contributed by atoms with Crippen LogP contribution >= 0.6 is 11.3 Å². The van der Waals surface area contributed by atoms with E-state index >= 15 is 8.78 Å². The summed E-state index contributed by atoms with van der Waals surface area (Å²) in [5.74, 6) is -1.14. The van der Waals surface area contributed by atoms with Crippen LogP contribution < -0.4 is 20.7 Å². The first-order valence-corrected chi connectivity index (χ1v) is 17.8. The van der Waals surface area contributed by atoms with E-state index in [0.717, 1.165) is 30.7 Å². The SMILES string of the molecule is Cc1cc2c(NCC3CNC(=O)C3)nc(OC[C@@]34CCCN3C[C@H](F)C4)nc2c(F)c1-c1ccc(F)c2sc(NC(=O)OC(C)(C)C)c(C#N)c12. The van der Waals surface area contributed by atoms with Crippen LogP contribution in [0, 0.1) is 35.8 Å². The maximum Gasteiger partial charge on any atom is 0.412 e. The predicted octanol–water partition coefficient (Wildman–Crippen LogP) is 6.82. The van der Waals surface area contributed by atoms with Crippen molar-refractivity contribution in [2.24, 2.45) is 5.92 Å². The average Bonchev–Trinajstić information content (AvgIpc) is 3.81. The summed E-state index contributed by atoms with van der Waals surface area (Å²) in [4.78, 5) is 35.7. The molecule has 3 saturated heterocycles. The molecule has 7 rings (SSSR count). The summed E-state index contributed by atoms with van der Waals surface area (Å²) in [6.07, 6.45) is 0.576. The van der Waals surface area contributed by atoms with Crippen molar-refractivity contribution >= 4 is 55.1 Å². The molecule has 3 atom stereocenters. The molecule has 0 aliphatic carbocycles. The second-order valence-electron chi connectivity index (χ2n) is 14.6. The van der Waals surface area contributed by atoms with Crippen LogP contribution in [0.25, 0.3) is 32.1 Å². The molecule has 0 spiro atoms. The van der Waals surface area contributed by atoms with Gasteiger partial charge in [0.1, 0.15) is 46.6 Å². The zero-order valence-electron chi connectivity index (χ0n) is 28.7. The van der Waals surface area contributed by atoms with Gasteiger partial charge in [0.15, 0.2) is 5.82 Å². The monoisotopic (exact) mass is 721 g/mol. The van der Waals surface area contributed by atoms with Crippen molar-refractivity contribution in [1.29, 1.82) is 5.26 Å². The Labute approximate surface area is 296 Å². The zero-order valence-corrected chi connectivity index (χ0v) is 29.5. The molecular formula is C36H38F3N7O4S. The number of thiophene rings is 1. The third-order valence-corrected chi connectivity index (χ3v) is 10.9. The molecule has 3 aliphatic heterocycles. The van der Waals surface area contributed by atoms with Crippen LogP contribution in [0.1, 0.15) is 57.6 Å². The molecule has 3 aliphatic rings. The predicted molar refractivity (Wildman–Crippen MR) is 188 cm³/mol. The number of carbonyl (C=O) groups excluding carboxylic acids is 2. The van der Waals surface area contributed by atoms with E-state index in [0.29, 0.717) is 49.2 Å². The van der Waals surface area contributed by atoms with Crippen LogP contribution in [0.4, 0.5) is 28.8 Å². The lowest BCUT2D eigenvalue weighted by molar-refractivity contribution is -0.119. The Morgan fingerprint density at radius 2 is 2.08 bits per heavy atom. The molecular weight excluding hydrogens is 684 g/mol. The first-order valence-electron chi connectivity index (χ1n) is 16.9. The van der Waals surface area contributed by atoms with E-state index in [1.54, 1.807) is 33.8 Å². The minimum atomic E-state index is -0.961. The van der Waals surface area contributed by atoms with Crippen molar-refractivity contribution < 1.29 is 32.2 Å². The third-order valence-electron chi connectivity index (χ3n) is 9.75. The van der Waals surface area contributed by atoms with Crippen LogP contribution in [-0.2, 0) is 9.53 Å². The fraction of sp³-hybridized carbons (Fsp3) is 0.472. The van der Waals surface area contributed by atoms with Gasteiger partial charge in [-0.1, -0.05) is 6.07 Å². The minimum absolute atomic E-state index is 0.0120. The number of nitrogens with one attached hydrogen (secondary N) is 3. The Bertz CT molecular complexity index is 2110. The number of anilines is 2. The highest BCUT2D eigenvalue weighted by atomic mass is 32.1. The molecule has 0 radical (unpaired) electrons. The highest BCUT2D eigenvalue weighted by Crippen LogP contribution is 2.45. The van der Waals surface area contributed by atoms with Crippen molar-refractivity contribution in [3.63, 3.8) is 0 Å². The Morgan fingerprint density at radius 3 is 2.80 bits per heavy atom. The Kier molecular flexibility index (Phi) is 8.95. The zero-order chi connectivity index (χ0) is 36.2. The van der Waals surface area contributed by atoms with Gasteiger partial charge in [0.2, 0.25) is 5.91 Å². The van der Waals surface area contributed by atoms with Gasteiger partial charge in [-0.25, -0.2) is 18.0 Å². The van der Waals surface area contributed by atoms with Gasteiger partial charge in [0.05, 0.1) is 15.8 Å². The molecule has 11 nitrogen and oxygen atoms in total. The Hall–Kier alpha value is -4.68. The molecule has 2 amide bonds. The Morgan fingerprint density at radius 1 is 1.27 bits per heavy atom. The normalized spacial score (nSPS) is 21.9. The van der Waals surface area contributed by atoms with E-state index in [2.05, 4.69) is 36.9 Å². The summed E-state index contributed by atoms with van der Waals surface area (Å²) in [6.45, 7) is 8.88. The number of nitriles is 1. The van der Waals surface area contributed by atoms with Gasteiger partial charge in [-0.3, -0.25) is 15.0 Å². The smallest absolute Gasteiger partial charge is 0.412 e. The summed E-state index contributed by atoms with van der Waals surface area (Å²) in [5, 5.41) is 19.5. The fourth-order valence-electron chi connectivity index (χ4n) is 7.53. The van der Waals surface area contributed by atoms with Gasteiger partial charge in [0, 0.05) is 54.7 Å². The van der Waals surface area contributed by atoms with E-state index in [1.807, 2.05) is 0 Å². The summed E-state index contributed by atoms with van der Waals surface area (Å²) < 4.78 is 58.5. The number of benzene rings is 2. The number of aryl methyl sites for hydroxylation is 1. The summed E-state index contributed by atoms with van der Waals surface area (Å²) in [5.41, 5.74) is -0.632. The Balaban J connectivity index is 1.32. The van der Waals surface area contributed by atoms with Crippen LogP contribution in [0.5, 0.6) is 6.01 Å². The molecule has 2 aromatic heterocycles. The number of fused-ring (bicyclic) bond motifs is 3. The van der Waals surface area contributed by atoms with Gasteiger partial charge in [-0.2, -0.15) is 15.2 Å². The van der Waals surface area contributed by atoms with Crippen molar-refractivity contribution in [3.05, 3.63) is 41.0 Å². The van der Waals surface area contributed by atoms with Crippen molar-refractivity contribution in [3.8, 4) is 23.2 Å². The number of hydrogen-bond acceptors (Lipinski definition) is 10. The molecule has 2 aromatic carbocycles. The summed E-state index contributed by atoms with van der Waals surface area (Å²) in [7, 11) is 0. The standard InChI is InChI=1S/C36H38F3N7O4S/c1-18-10-22-29(28(39)26(18)21-6-7-24(38)30-27(21)23(13-40)32(51-30)45-34(48)50-35(2,3)4)43-33(44-31(22)42-15-19-11-25(47)41-14-19)49-17-36-8-5-9-46(36)16-20(37)12-36/h6-7,10,19-20H,5,8-9,11-12,14-17H2,1-4H3,(H,41,47)(H,45,48)(H,42,43,44)/t19?,20-,36+/m1/s1. The van der Waals surface area contributed by atoms with Crippen LogP contribution in [0.3, 0.4) is 0 Å². The molecule has 1 unspecified atom stereocenters. The molecule has 0 saturated carbocycles. The number of rotatable bonds is 8. The maximum atomic E-state index is 17.1. The number of amides is 2. The molecule has 268 valence electrons. The average molecular weight is 722 g/mol. The molecule has 15 heteroatoms. The summed E-state index contributed by atoms with van der Waals surface area (Å²) >= 11 is 0.856. The second kappa shape index (κ2) is 13.1. The second-order valence-corrected chi connectivity index (χ2v) is 15.6. The highest BCUT2D eigenvalue weighted by molar-refractivity contribution is 7.23. The van der Waals surface area contributed by atoms with Crippen LogP contribution in [-0.4, -0.2) is 77.0 Å². The van der Waals surface area contributed by atoms with Gasteiger partial charge in [0.25, 0.3) is 0 Å². The number of carbonyl (C=O) groups is 2. The van der Waals surface area contributed by atoms with Gasteiger partial charge in [-0.15, -0.1) is 11.3 Å². The van der Waals surface area contributed by atoms with E-state index in [-0.39, 0.29) is 61.7 Å². The number of alkyl halides is 1. The first-order chi connectivity index (χ1) is 24.2. The van der Waals surface area contributed by atoms with E-state index in [1.165, 1.54) is 12.1 Å². The number of hydrogen-bond donors (Lipinski definition) is 3. The van der Waals surface area contributed by atoms with Gasteiger partial charge >= 0.3 is 12.1 Å². The van der Waals surface area contributed by atoms with Crippen molar-refractivity contribution in [2.45, 2.75) is 70.7 Å². The van der Waals surface area contributed by atoms with Gasteiger partial charge in [-0.05, 0) is 70.3 Å². The third kappa shape index (κ3) is 6.62. The lowest BCUT2D eigenvalue weighted by Gasteiger charge is -2.30. The number of ether oxygens (including phenoxy) is 2. The van der Waals surface area contributed by atoms with Crippen LogP contribution in [0.15, 0.2) is 18.2 Å². The quantitative estimate of drug-likeness (QED) is 0.179. The topological polar surface area (TPSA) is 142 Å². The highest BCUT2D eigenvalue weighted by Gasteiger charge is 2.49. The molecule has 5 heterocycles. The molecule has 51 heavy (non-hydrogen) atoms. The first kappa shape index (κ1) is 34.8. The number of nitrogens with zero attached hydrogens (tertiary/aromatic N) is 4. The lowest BCUT2D eigenvalue weighted by atomic mass is 9.93. The lowest BCUT2D eigenvalue weighted by Crippen LogP contribution is -2.43. The largest absolute Gasteiger partial charge is 0.461 e. The number of aromatic nitrogens is 2.